The Bertz CT molecular complexity index is 1470. The summed E-state index contributed by atoms with van der Waals surface area (Å²) in [6.07, 6.45) is 0.495. The maximum atomic E-state index is 13.7. The Hall–Kier alpha value is -4.71. The number of amides is 3. The van der Waals surface area contributed by atoms with Crippen LogP contribution in [0, 0.1) is 22.9 Å². The molecule has 0 unspecified atom stereocenters. The van der Waals surface area contributed by atoms with Crippen LogP contribution in [-0.4, -0.2) is 42.4 Å². The van der Waals surface area contributed by atoms with Gasteiger partial charge in [0.2, 0.25) is 11.8 Å². The third-order valence-corrected chi connectivity index (χ3v) is 7.15. The first kappa shape index (κ1) is 31.2. The fourth-order valence-corrected chi connectivity index (χ4v) is 4.69. The summed E-state index contributed by atoms with van der Waals surface area (Å²) in [4.78, 5) is 37.5. The molecule has 3 aromatic carbocycles. The van der Waals surface area contributed by atoms with Crippen LogP contribution in [0.2, 0.25) is 0 Å². The van der Waals surface area contributed by atoms with Gasteiger partial charge in [0, 0.05) is 17.7 Å². The lowest BCUT2D eigenvalue weighted by molar-refractivity contribution is -0.130. The van der Waals surface area contributed by atoms with Gasteiger partial charge >= 0.3 is 6.09 Å². The largest absolute Gasteiger partial charge is 0.444 e. The van der Waals surface area contributed by atoms with E-state index in [1.807, 2.05) is 18.2 Å². The quantitative estimate of drug-likeness (QED) is 0.145. The van der Waals surface area contributed by atoms with E-state index < -0.39 is 42.2 Å². The Balaban J connectivity index is 1.20. The predicted octanol–water partition coefficient (Wildman–Crippen LogP) is 4.01. The molecule has 3 atom stereocenters. The Morgan fingerprint density at radius 3 is 2.44 bits per heavy atom. The van der Waals surface area contributed by atoms with Gasteiger partial charge in [-0.25, -0.2) is 18.0 Å². The summed E-state index contributed by atoms with van der Waals surface area (Å²) < 4.78 is 44.9. The van der Waals surface area contributed by atoms with Gasteiger partial charge in [0.1, 0.15) is 18.5 Å². The van der Waals surface area contributed by atoms with Gasteiger partial charge in [-0.1, -0.05) is 54.6 Å². The van der Waals surface area contributed by atoms with E-state index in [4.69, 9.17) is 10.1 Å². The molecule has 1 saturated heterocycles. The number of carbonyl (C=O) groups excluding carboxylic acids is 3. The highest BCUT2D eigenvalue weighted by molar-refractivity contribution is 6.04. The molecule has 0 aliphatic carbocycles. The summed E-state index contributed by atoms with van der Waals surface area (Å²) in [6, 6.07) is 17.0. The number of carbonyl (C=O) groups is 3. The lowest BCUT2D eigenvalue weighted by atomic mass is 9.86. The van der Waals surface area contributed by atoms with E-state index in [2.05, 4.69) is 33.4 Å². The summed E-state index contributed by atoms with van der Waals surface area (Å²) in [6.45, 7) is 1.82. The van der Waals surface area contributed by atoms with Crippen LogP contribution in [0.1, 0.15) is 47.9 Å². The lowest BCUT2D eigenvalue weighted by Gasteiger charge is -2.30. The van der Waals surface area contributed by atoms with E-state index in [-0.39, 0.29) is 35.7 Å². The van der Waals surface area contributed by atoms with E-state index in [0.717, 1.165) is 12.5 Å². The molecule has 0 saturated carbocycles. The normalized spacial score (nSPS) is 16.9. The predicted molar refractivity (Wildman–Crippen MR) is 153 cm³/mol. The monoisotopic (exact) mass is 595 g/mol. The van der Waals surface area contributed by atoms with Crippen LogP contribution in [0.3, 0.4) is 0 Å². The number of hydrogen-bond acceptors (Lipinski definition) is 6. The zero-order valence-electron chi connectivity index (χ0n) is 23.4. The molecule has 1 aliphatic rings. The van der Waals surface area contributed by atoms with Crippen LogP contribution in [0.25, 0.3) is 0 Å². The lowest BCUT2D eigenvalue weighted by Crippen LogP contribution is -2.53. The van der Waals surface area contributed by atoms with Crippen LogP contribution in [-0.2, 0) is 27.5 Å². The maximum absolute atomic E-state index is 13.7. The first-order valence-electron chi connectivity index (χ1n) is 13.7. The highest BCUT2D eigenvalue weighted by Gasteiger charge is 2.29. The van der Waals surface area contributed by atoms with Crippen molar-refractivity contribution in [3.8, 4) is 0 Å². The van der Waals surface area contributed by atoms with Crippen molar-refractivity contribution in [2.75, 3.05) is 6.54 Å². The maximum Gasteiger partial charge on any atom is 0.413 e. The van der Waals surface area contributed by atoms with E-state index >= 15 is 0 Å². The average molecular weight is 596 g/mol. The average Bonchev–Trinajstić information content (AvgIpc) is 3.02. The van der Waals surface area contributed by atoms with Gasteiger partial charge in [-0.05, 0) is 55.5 Å². The van der Waals surface area contributed by atoms with Crippen molar-refractivity contribution in [2.45, 2.75) is 50.9 Å². The van der Waals surface area contributed by atoms with Gasteiger partial charge in [0.25, 0.3) is 0 Å². The molecule has 0 radical (unpaired) electrons. The topological polar surface area (TPSA) is 132 Å². The molecule has 43 heavy (non-hydrogen) atoms. The van der Waals surface area contributed by atoms with Gasteiger partial charge in [-0.15, -0.1) is 0 Å². The minimum absolute atomic E-state index is 0.166. The number of piperidine rings is 1. The van der Waals surface area contributed by atoms with Crippen LogP contribution < -0.4 is 21.3 Å². The van der Waals surface area contributed by atoms with Crippen LogP contribution in [0.15, 0.2) is 66.7 Å². The summed E-state index contributed by atoms with van der Waals surface area (Å²) in [7, 11) is 0. The molecule has 1 heterocycles. The molecule has 4 rings (SSSR count). The molecule has 3 aromatic rings. The summed E-state index contributed by atoms with van der Waals surface area (Å²) in [5.74, 6) is -5.12. The van der Waals surface area contributed by atoms with E-state index in [1.54, 1.807) is 31.2 Å². The smallest absolute Gasteiger partial charge is 0.413 e. The minimum atomic E-state index is -1.67. The number of alkyl carbamates (subject to hydrolysis) is 1. The third kappa shape index (κ3) is 8.41. The fourth-order valence-electron chi connectivity index (χ4n) is 4.69. The van der Waals surface area contributed by atoms with Crippen molar-refractivity contribution in [3.05, 3.63) is 106 Å². The zero-order chi connectivity index (χ0) is 30.9. The van der Waals surface area contributed by atoms with Crippen LogP contribution in [0.5, 0.6) is 0 Å². The first-order chi connectivity index (χ1) is 20.6. The molecule has 3 amide bonds. The molecule has 9 nitrogen and oxygen atoms in total. The second kappa shape index (κ2) is 14.5. The Labute approximate surface area is 246 Å². The van der Waals surface area contributed by atoms with E-state index in [9.17, 15) is 27.6 Å². The fraction of sp³-hybridized carbons (Fsp3) is 0.290. The highest BCUT2D eigenvalue weighted by Crippen LogP contribution is 2.27. The van der Waals surface area contributed by atoms with E-state index in [1.165, 1.54) is 5.56 Å². The van der Waals surface area contributed by atoms with Gasteiger partial charge in [0.05, 0.1) is 6.04 Å². The molecule has 0 bridgehead atoms. The number of amidine groups is 1. The van der Waals surface area contributed by atoms with E-state index in [0.29, 0.717) is 30.2 Å². The van der Waals surface area contributed by atoms with Crippen molar-refractivity contribution < 1.29 is 32.3 Å². The van der Waals surface area contributed by atoms with Crippen LogP contribution >= 0.6 is 0 Å². The number of ether oxygens (including phenoxy) is 1. The molecular weight excluding hydrogens is 563 g/mol. The molecule has 0 spiro atoms. The Morgan fingerprint density at radius 2 is 1.72 bits per heavy atom. The third-order valence-electron chi connectivity index (χ3n) is 7.15. The number of nitrogens with one attached hydrogen (secondary N) is 5. The molecule has 5 N–H and O–H groups in total. The number of halogens is 3. The van der Waals surface area contributed by atoms with Crippen molar-refractivity contribution in [3.63, 3.8) is 0 Å². The summed E-state index contributed by atoms with van der Waals surface area (Å²) in [5.41, 5.74) is 1.86. The molecule has 226 valence electrons. The van der Waals surface area contributed by atoms with Crippen LogP contribution in [0.4, 0.5) is 18.0 Å². The molecule has 0 aromatic heterocycles. The summed E-state index contributed by atoms with van der Waals surface area (Å²) in [5, 5.41) is 19.0. The second-order valence-electron chi connectivity index (χ2n) is 10.2. The van der Waals surface area contributed by atoms with Gasteiger partial charge < -0.3 is 20.7 Å². The zero-order valence-corrected chi connectivity index (χ0v) is 23.4. The number of rotatable bonds is 9. The van der Waals surface area contributed by atoms with Gasteiger partial charge in [-0.3, -0.25) is 20.3 Å². The standard InChI is InChI=1S/C31H32F3N5O4/c1-18(38-30(41)25-15-22(13-14-36-25)20-5-3-2-4-6-20)29(40)37-16-19-7-9-21(10-8-19)28(35)39-31(42)43-17-23-11-12-24(32)27(34)26(23)33/h2-12,18,22,25,36H,13-17H2,1H3,(H,37,40)(H,38,41)(H2,35,39,42)/t18-,22-,25+/m0/s1. The van der Waals surface area contributed by atoms with Crippen molar-refractivity contribution in [1.29, 1.82) is 5.41 Å². The molecular formula is C31H32F3N5O4. The highest BCUT2D eigenvalue weighted by atomic mass is 19.2. The minimum Gasteiger partial charge on any atom is -0.444 e. The molecule has 1 fully saturated rings. The molecule has 1 aliphatic heterocycles. The molecule has 12 heteroatoms. The van der Waals surface area contributed by atoms with Crippen molar-refractivity contribution in [2.24, 2.45) is 0 Å². The second-order valence-corrected chi connectivity index (χ2v) is 10.2. The Morgan fingerprint density at radius 1 is 1.00 bits per heavy atom. The number of hydrogen-bond donors (Lipinski definition) is 5. The van der Waals surface area contributed by atoms with Crippen molar-refractivity contribution >= 4 is 23.7 Å². The SMILES string of the molecule is C[C@H](NC(=O)[C@H]1C[C@@H](c2ccccc2)CCN1)C(=O)NCc1ccc(C(=N)NC(=O)OCc2ccc(F)c(F)c2F)cc1. The first-order valence-corrected chi connectivity index (χ1v) is 13.7. The van der Waals surface area contributed by atoms with Crippen molar-refractivity contribution in [1.82, 2.24) is 21.3 Å². The Kier molecular flexibility index (Phi) is 10.5. The number of benzene rings is 3. The summed E-state index contributed by atoms with van der Waals surface area (Å²) >= 11 is 0. The van der Waals surface area contributed by atoms with Gasteiger partial charge in [0.15, 0.2) is 17.5 Å². The van der Waals surface area contributed by atoms with Gasteiger partial charge in [-0.2, -0.15) is 0 Å².